The molecular weight excluding hydrogens is 234 g/mol. The minimum Gasteiger partial charge on any atom is -0.330 e. The molecule has 0 aliphatic carbocycles. The van der Waals surface area contributed by atoms with Gasteiger partial charge in [0, 0.05) is 25.5 Å². The minimum atomic E-state index is 0.357. The Balaban J connectivity index is 2.35. The fraction of sp³-hybridized carbons (Fsp3) is 0.688. The molecule has 0 fully saturated rings. The quantitative estimate of drug-likeness (QED) is 0.822. The van der Waals surface area contributed by atoms with Crippen molar-refractivity contribution in [2.75, 3.05) is 26.7 Å². The Labute approximate surface area is 118 Å². The van der Waals surface area contributed by atoms with Crippen LogP contribution >= 0.6 is 0 Å². The lowest BCUT2D eigenvalue weighted by atomic mass is 9.84. The van der Waals surface area contributed by atoms with E-state index in [1.807, 2.05) is 12.4 Å². The first-order valence-corrected chi connectivity index (χ1v) is 7.18. The Kier molecular flexibility index (Phi) is 6.46. The van der Waals surface area contributed by atoms with Gasteiger partial charge in [0.05, 0.1) is 0 Å². The summed E-state index contributed by atoms with van der Waals surface area (Å²) in [4.78, 5) is 6.44. The van der Waals surface area contributed by atoms with E-state index in [1.54, 1.807) is 0 Å². The van der Waals surface area contributed by atoms with E-state index in [4.69, 9.17) is 5.73 Å². The molecule has 2 N–H and O–H groups in total. The van der Waals surface area contributed by atoms with Gasteiger partial charge < -0.3 is 10.6 Å². The van der Waals surface area contributed by atoms with Gasteiger partial charge >= 0.3 is 0 Å². The largest absolute Gasteiger partial charge is 0.330 e. The van der Waals surface area contributed by atoms with Gasteiger partial charge in [0.1, 0.15) is 0 Å². The number of nitrogens with two attached hydrogens (primary N) is 1. The van der Waals surface area contributed by atoms with Crippen molar-refractivity contribution >= 4 is 0 Å². The van der Waals surface area contributed by atoms with Crippen molar-refractivity contribution in [3.05, 3.63) is 30.1 Å². The molecule has 0 radical (unpaired) electrons. The minimum absolute atomic E-state index is 0.357. The van der Waals surface area contributed by atoms with Crippen LogP contribution in [0.15, 0.2) is 24.5 Å². The van der Waals surface area contributed by atoms with Crippen LogP contribution in [0.4, 0.5) is 0 Å². The van der Waals surface area contributed by atoms with Gasteiger partial charge in [0.15, 0.2) is 0 Å². The Hall–Kier alpha value is -0.930. The van der Waals surface area contributed by atoms with Gasteiger partial charge in [0.25, 0.3) is 0 Å². The monoisotopic (exact) mass is 263 g/mol. The second-order valence-electron chi connectivity index (χ2n) is 6.73. The zero-order valence-corrected chi connectivity index (χ0v) is 12.9. The molecule has 0 aromatic carbocycles. The predicted molar refractivity (Wildman–Crippen MR) is 82.1 cm³/mol. The Morgan fingerprint density at radius 2 is 1.89 bits per heavy atom. The summed E-state index contributed by atoms with van der Waals surface area (Å²) in [6.45, 7) is 9.78. The first-order chi connectivity index (χ1) is 8.90. The molecule has 108 valence electrons. The van der Waals surface area contributed by atoms with Gasteiger partial charge in [-0.25, -0.2) is 0 Å². The van der Waals surface area contributed by atoms with Crippen LogP contribution in [0.25, 0.3) is 0 Å². The van der Waals surface area contributed by atoms with Gasteiger partial charge in [-0.3, -0.25) is 4.98 Å². The number of hydrogen-bond acceptors (Lipinski definition) is 3. The molecule has 1 aromatic rings. The summed E-state index contributed by atoms with van der Waals surface area (Å²) in [5.74, 6) is 0.586. The van der Waals surface area contributed by atoms with Crippen molar-refractivity contribution in [2.45, 2.75) is 33.6 Å². The highest BCUT2D eigenvalue weighted by Gasteiger charge is 2.18. The molecule has 0 bridgehead atoms. The van der Waals surface area contributed by atoms with E-state index in [9.17, 15) is 0 Å². The summed E-state index contributed by atoms with van der Waals surface area (Å²) in [6.07, 6.45) is 5.98. The molecule has 0 spiro atoms. The topological polar surface area (TPSA) is 42.2 Å². The number of aromatic nitrogens is 1. The van der Waals surface area contributed by atoms with Crippen LogP contribution in [0.1, 0.15) is 32.8 Å². The molecule has 1 rings (SSSR count). The van der Waals surface area contributed by atoms with Crippen LogP contribution in [0.2, 0.25) is 0 Å². The summed E-state index contributed by atoms with van der Waals surface area (Å²) in [5.41, 5.74) is 7.61. The average molecular weight is 263 g/mol. The molecule has 0 saturated carbocycles. The summed E-state index contributed by atoms with van der Waals surface area (Å²) in [7, 11) is 2.19. The second-order valence-corrected chi connectivity index (χ2v) is 6.73. The van der Waals surface area contributed by atoms with Crippen LogP contribution < -0.4 is 5.73 Å². The molecule has 0 aliphatic heterocycles. The average Bonchev–Trinajstić information content (AvgIpc) is 2.35. The van der Waals surface area contributed by atoms with Gasteiger partial charge in [-0.05, 0) is 55.5 Å². The molecule has 1 heterocycles. The number of pyridine rings is 1. The lowest BCUT2D eigenvalue weighted by Crippen LogP contribution is -2.33. The van der Waals surface area contributed by atoms with Crippen molar-refractivity contribution in [2.24, 2.45) is 17.1 Å². The third-order valence-electron chi connectivity index (χ3n) is 3.34. The Bertz CT molecular complexity index is 343. The van der Waals surface area contributed by atoms with E-state index in [1.165, 1.54) is 12.0 Å². The van der Waals surface area contributed by atoms with Crippen molar-refractivity contribution < 1.29 is 0 Å². The number of nitrogens with zero attached hydrogens (tertiary/aromatic N) is 2. The SMILES string of the molecule is CN(CCc1ccncc1)CC(CN)CC(C)(C)C. The first-order valence-electron chi connectivity index (χ1n) is 7.18. The van der Waals surface area contributed by atoms with Crippen LogP contribution in [-0.4, -0.2) is 36.6 Å². The normalized spacial score (nSPS) is 13.8. The maximum absolute atomic E-state index is 5.90. The molecular formula is C16H29N3. The third-order valence-corrected chi connectivity index (χ3v) is 3.34. The number of hydrogen-bond donors (Lipinski definition) is 1. The highest BCUT2D eigenvalue weighted by atomic mass is 15.1. The lowest BCUT2D eigenvalue weighted by molar-refractivity contribution is 0.222. The van der Waals surface area contributed by atoms with Crippen molar-refractivity contribution in [1.29, 1.82) is 0 Å². The lowest BCUT2D eigenvalue weighted by Gasteiger charge is -2.28. The van der Waals surface area contributed by atoms with E-state index in [-0.39, 0.29) is 0 Å². The molecule has 1 atom stereocenters. The molecule has 0 amide bonds. The van der Waals surface area contributed by atoms with Crippen LogP contribution in [0.5, 0.6) is 0 Å². The molecule has 3 heteroatoms. The fourth-order valence-electron chi connectivity index (χ4n) is 2.49. The highest BCUT2D eigenvalue weighted by molar-refractivity contribution is 5.09. The van der Waals surface area contributed by atoms with Crippen LogP contribution in [-0.2, 0) is 6.42 Å². The van der Waals surface area contributed by atoms with E-state index in [2.05, 4.69) is 49.8 Å². The summed E-state index contributed by atoms with van der Waals surface area (Å²) in [5, 5.41) is 0. The van der Waals surface area contributed by atoms with Crippen molar-refractivity contribution in [1.82, 2.24) is 9.88 Å². The summed E-state index contributed by atoms with van der Waals surface area (Å²) < 4.78 is 0. The second kappa shape index (κ2) is 7.61. The van der Waals surface area contributed by atoms with Gasteiger partial charge in [-0.2, -0.15) is 0 Å². The standard InChI is InChI=1S/C16H29N3/c1-16(2,3)11-15(12-17)13-19(4)10-7-14-5-8-18-9-6-14/h5-6,8-9,15H,7,10-13,17H2,1-4H3. The van der Waals surface area contributed by atoms with E-state index in [0.717, 1.165) is 26.1 Å². The zero-order chi connectivity index (χ0) is 14.3. The smallest absolute Gasteiger partial charge is 0.0270 e. The van der Waals surface area contributed by atoms with Gasteiger partial charge in [-0.1, -0.05) is 20.8 Å². The predicted octanol–water partition coefficient (Wildman–Crippen LogP) is 2.57. The van der Waals surface area contributed by atoms with Crippen LogP contribution in [0.3, 0.4) is 0 Å². The Morgan fingerprint density at radius 3 is 2.42 bits per heavy atom. The molecule has 19 heavy (non-hydrogen) atoms. The summed E-state index contributed by atoms with van der Waals surface area (Å²) >= 11 is 0. The molecule has 3 nitrogen and oxygen atoms in total. The number of rotatable bonds is 7. The Morgan fingerprint density at radius 1 is 1.26 bits per heavy atom. The van der Waals surface area contributed by atoms with E-state index >= 15 is 0 Å². The van der Waals surface area contributed by atoms with E-state index in [0.29, 0.717) is 11.3 Å². The first kappa shape index (κ1) is 16.1. The molecule has 0 saturated heterocycles. The van der Waals surface area contributed by atoms with E-state index < -0.39 is 0 Å². The van der Waals surface area contributed by atoms with Crippen molar-refractivity contribution in [3.8, 4) is 0 Å². The fourth-order valence-corrected chi connectivity index (χ4v) is 2.49. The molecule has 0 aliphatic rings. The maximum atomic E-state index is 5.90. The van der Waals surface area contributed by atoms with Crippen molar-refractivity contribution in [3.63, 3.8) is 0 Å². The molecule has 1 aromatic heterocycles. The van der Waals surface area contributed by atoms with Gasteiger partial charge in [-0.15, -0.1) is 0 Å². The maximum Gasteiger partial charge on any atom is 0.0270 e. The highest BCUT2D eigenvalue weighted by Crippen LogP contribution is 2.24. The molecule has 1 unspecified atom stereocenters. The van der Waals surface area contributed by atoms with Gasteiger partial charge in [0.2, 0.25) is 0 Å². The summed E-state index contributed by atoms with van der Waals surface area (Å²) in [6, 6.07) is 4.17. The number of likely N-dealkylation sites (N-methyl/N-ethyl adjacent to an activating group) is 1. The third kappa shape index (κ3) is 7.28. The zero-order valence-electron chi connectivity index (χ0n) is 12.9. The van der Waals surface area contributed by atoms with Crippen LogP contribution in [0, 0.1) is 11.3 Å².